The van der Waals surface area contributed by atoms with Gasteiger partial charge in [-0.25, -0.2) is 14.8 Å². The van der Waals surface area contributed by atoms with E-state index in [0.717, 1.165) is 46.8 Å². The molecule has 1 aromatic heterocycles. The van der Waals surface area contributed by atoms with Crippen LogP contribution in [-0.2, 0) is 6.42 Å². The van der Waals surface area contributed by atoms with Crippen LogP contribution in [0.1, 0.15) is 58.0 Å². The molecular formula is C26H27Cl2N3O3. The third-order valence-corrected chi connectivity index (χ3v) is 6.93. The van der Waals surface area contributed by atoms with E-state index in [9.17, 15) is 9.90 Å². The Labute approximate surface area is 209 Å². The van der Waals surface area contributed by atoms with Gasteiger partial charge in [-0.15, -0.1) is 0 Å². The molecule has 178 valence electrons. The number of rotatable bonds is 8. The Balaban J connectivity index is 1.47. The SMILES string of the molecule is Cc1cc(OCCCc2nc(N3CCC[C@H]3c3ccc(Cl)cc3)ncc2C(=O)O)cc(C)c1Cl. The number of carboxylic acid groups (broad SMARTS) is 1. The van der Waals surface area contributed by atoms with E-state index >= 15 is 0 Å². The summed E-state index contributed by atoms with van der Waals surface area (Å²) in [6.45, 7) is 5.15. The smallest absolute Gasteiger partial charge is 0.339 e. The summed E-state index contributed by atoms with van der Waals surface area (Å²) >= 11 is 12.3. The van der Waals surface area contributed by atoms with Crippen LogP contribution in [0.5, 0.6) is 5.75 Å². The van der Waals surface area contributed by atoms with Crippen molar-refractivity contribution in [2.24, 2.45) is 0 Å². The van der Waals surface area contributed by atoms with Gasteiger partial charge in [0.15, 0.2) is 0 Å². The molecule has 1 N–H and O–H groups in total. The number of benzene rings is 2. The number of aromatic nitrogens is 2. The number of aromatic carboxylic acids is 1. The highest BCUT2D eigenvalue weighted by molar-refractivity contribution is 6.32. The summed E-state index contributed by atoms with van der Waals surface area (Å²) in [5.41, 5.74) is 3.73. The molecule has 0 saturated carbocycles. The second-order valence-corrected chi connectivity index (χ2v) is 9.38. The van der Waals surface area contributed by atoms with Crippen molar-refractivity contribution in [2.45, 2.75) is 45.6 Å². The standard InChI is InChI=1S/C26H27Cl2N3O3/c1-16-13-20(14-17(2)24(16)28)34-12-4-5-22-21(25(32)33)15-29-26(30-22)31-11-3-6-23(31)18-7-9-19(27)10-8-18/h7-10,13-15,23H,3-6,11-12H2,1-2H3,(H,32,33)/t23-/m0/s1. The lowest BCUT2D eigenvalue weighted by atomic mass is 10.0. The van der Waals surface area contributed by atoms with Crippen LogP contribution in [0.3, 0.4) is 0 Å². The predicted molar refractivity (Wildman–Crippen MR) is 135 cm³/mol. The van der Waals surface area contributed by atoms with E-state index in [1.165, 1.54) is 6.20 Å². The highest BCUT2D eigenvalue weighted by Crippen LogP contribution is 2.35. The number of halogens is 2. The fourth-order valence-corrected chi connectivity index (χ4v) is 4.61. The molecule has 1 atom stereocenters. The molecule has 1 fully saturated rings. The molecule has 8 heteroatoms. The lowest BCUT2D eigenvalue weighted by Crippen LogP contribution is -2.25. The van der Waals surface area contributed by atoms with Gasteiger partial charge in [-0.1, -0.05) is 35.3 Å². The fraction of sp³-hybridized carbons (Fsp3) is 0.346. The summed E-state index contributed by atoms with van der Waals surface area (Å²) in [4.78, 5) is 23.0. The fourth-order valence-electron chi connectivity index (χ4n) is 4.37. The summed E-state index contributed by atoms with van der Waals surface area (Å²) < 4.78 is 5.89. The minimum atomic E-state index is -1.03. The minimum absolute atomic E-state index is 0.129. The number of carbonyl (C=O) groups is 1. The lowest BCUT2D eigenvalue weighted by Gasteiger charge is -2.25. The maximum atomic E-state index is 11.8. The van der Waals surface area contributed by atoms with Gasteiger partial charge in [-0.2, -0.15) is 0 Å². The Morgan fingerprint density at radius 2 is 1.88 bits per heavy atom. The highest BCUT2D eigenvalue weighted by atomic mass is 35.5. The van der Waals surface area contributed by atoms with Gasteiger partial charge >= 0.3 is 5.97 Å². The van der Waals surface area contributed by atoms with Gasteiger partial charge < -0.3 is 14.7 Å². The Kier molecular flexibility index (Phi) is 7.59. The van der Waals surface area contributed by atoms with Gasteiger partial charge in [0.2, 0.25) is 5.95 Å². The van der Waals surface area contributed by atoms with Crippen molar-refractivity contribution in [3.8, 4) is 5.75 Å². The van der Waals surface area contributed by atoms with E-state index in [-0.39, 0.29) is 11.6 Å². The molecule has 2 heterocycles. The maximum absolute atomic E-state index is 11.8. The summed E-state index contributed by atoms with van der Waals surface area (Å²) in [6.07, 6.45) is 4.51. The van der Waals surface area contributed by atoms with Gasteiger partial charge in [-0.3, -0.25) is 0 Å². The molecule has 4 rings (SSSR count). The van der Waals surface area contributed by atoms with Crippen LogP contribution in [0, 0.1) is 13.8 Å². The van der Waals surface area contributed by atoms with Gasteiger partial charge in [-0.05, 0) is 80.5 Å². The third-order valence-electron chi connectivity index (χ3n) is 6.09. The van der Waals surface area contributed by atoms with Crippen molar-refractivity contribution in [1.29, 1.82) is 0 Å². The van der Waals surface area contributed by atoms with E-state index in [2.05, 4.69) is 14.9 Å². The summed E-state index contributed by atoms with van der Waals surface area (Å²) in [6, 6.07) is 11.8. The number of aryl methyl sites for hydroxylation is 3. The number of nitrogens with zero attached hydrogens (tertiary/aromatic N) is 3. The van der Waals surface area contributed by atoms with Crippen molar-refractivity contribution < 1.29 is 14.6 Å². The van der Waals surface area contributed by atoms with Crippen LogP contribution in [-0.4, -0.2) is 34.2 Å². The minimum Gasteiger partial charge on any atom is -0.494 e. The van der Waals surface area contributed by atoms with Gasteiger partial charge in [0, 0.05) is 22.8 Å². The average Bonchev–Trinajstić information content (AvgIpc) is 3.30. The number of hydrogen-bond donors (Lipinski definition) is 1. The normalized spacial score (nSPS) is 15.5. The zero-order valence-corrected chi connectivity index (χ0v) is 20.7. The molecule has 0 spiro atoms. The van der Waals surface area contributed by atoms with E-state index in [1.54, 1.807) is 0 Å². The molecule has 0 radical (unpaired) electrons. The predicted octanol–water partition coefficient (Wildman–Crippen LogP) is 6.45. The molecule has 2 aromatic carbocycles. The molecule has 34 heavy (non-hydrogen) atoms. The number of carboxylic acids is 1. The second-order valence-electron chi connectivity index (χ2n) is 8.56. The molecular weight excluding hydrogens is 473 g/mol. The number of ether oxygens (including phenoxy) is 1. The molecule has 3 aromatic rings. The van der Waals surface area contributed by atoms with Crippen LogP contribution in [0.2, 0.25) is 10.0 Å². The number of hydrogen-bond acceptors (Lipinski definition) is 5. The zero-order chi connectivity index (χ0) is 24.2. The monoisotopic (exact) mass is 499 g/mol. The van der Waals surface area contributed by atoms with Gasteiger partial charge in [0.25, 0.3) is 0 Å². The van der Waals surface area contributed by atoms with E-state index in [1.807, 2.05) is 50.2 Å². The van der Waals surface area contributed by atoms with Crippen molar-refractivity contribution in [1.82, 2.24) is 9.97 Å². The van der Waals surface area contributed by atoms with E-state index in [0.29, 0.717) is 36.1 Å². The molecule has 0 aliphatic carbocycles. The molecule has 0 amide bonds. The molecule has 1 aliphatic rings. The molecule has 0 bridgehead atoms. The van der Waals surface area contributed by atoms with Crippen LogP contribution >= 0.6 is 23.2 Å². The van der Waals surface area contributed by atoms with Crippen LogP contribution < -0.4 is 9.64 Å². The average molecular weight is 500 g/mol. The largest absolute Gasteiger partial charge is 0.494 e. The quantitative estimate of drug-likeness (QED) is 0.358. The third kappa shape index (κ3) is 5.45. The Morgan fingerprint density at radius 1 is 1.18 bits per heavy atom. The van der Waals surface area contributed by atoms with Crippen molar-refractivity contribution in [2.75, 3.05) is 18.1 Å². The summed E-state index contributed by atoms with van der Waals surface area (Å²) in [5, 5.41) is 11.1. The van der Waals surface area contributed by atoms with Crippen molar-refractivity contribution >= 4 is 35.1 Å². The Hall–Kier alpha value is -2.83. The first-order chi connectivity index (χ1) is 16.3. The first-order valence-corrected chi connectivity index (χ1v) is 12.1. The molecule has 0 unspecified atom stereocenters. The second kappa shape index (κ2) is 10.6. The van der Waals surface area contributed by atoms with Crippen LogP contribution in [0.4, 0.5) is 5.95 Å². The number of anilines is 1. The lowest BCUT2D eigenvalue weighted by molar-refractivity contribution is 0.0694. The Morgan fingerprint density at radius 3 is 2.56 bits per heavy atom. The Bertz CT molecular complexity index is 1160. The summed E-state index contributed by atoms with van der Waals surface area (Å²) in [7, 11) is 0. The molecule has 1 saturated heterocycles. The van der Waals surface area contributed by atoms with Crippen LogP contribution in [0.25, 0.3) is 0 Å². The van der Waals surface area contributed by atoms with E-state index in [4.69, 9.17) is 27.9 Å². The van der Waals surface area contributed by atoms with Gasteiger partial charge in [0.1, 0.15) is 5.75 Å². The maximum Gasteiger partial charge on any atom is 0.339 e. The zero-order valence-electron chi connectivity index (χ0n) is 19.2. The van der Waals surface area contributed by atoms with E-state index < -0.39 is 5.97 Å². The summed E-state index contributed by atoms with van der Waals surface area (Å²) in [5.74, 6) is 0.286. The van der Waals surface area contributed by atoms with Crippen LogP contribution in [0.15, 0.2) is 42.6 Å². The van der Waals surface area contributed by atoms with Crippen molar-refractivity contribution in [3.63, 3.8) is 0 Å². The van der Waals surface area contributed by atoms with Gasteiger partial charge in [0.05, 0.1) is 23.9 Å². The topological polar surface area (TPSA) is 75.5 Å². The molecule has 6 nitrogen and oxygen atoms in total. The highest BCUT2D eigenvalue weighted by Gasteiger charge is 2.29. The molecule has 1 aliphatic heterocycles. The van der Waals surface area contributed by atoms with Crippen molar-refractivity contribution in [3.05, 3.63) is 80.6 Å². The first kappa shape index (κ1) is 24.3. The first-order valence-electron chi connectivity index (χ1n) is 11.3.